The molecular weight excluding hydrogens is 344 g/mol. The fourth-order valence-electron chi connectivity index (χ4n) is 3.93. The first-order valence-corrected chi connectivity index (χ1v) is 11.2. The molecule has 0 aliphatic carbocycles. The molecule has 3 rings (SSSR count). The van der Waals surface area contributed by atoms with Gasteiger partial charge in [0.15, 0.2) is 0 Å². The highest BCUT2D eigenvalue weighted by molar-refractivity contribution is 7.98. The number of benzene rings is 1. The molecule has 2 fully saturated rings. The standard InChI is InChI=1S/C20H32N4OS/c1-26-16-9-21-20(25)24-10-7-19(8-11-24)23-14-12-22(13-15-23)17-18-5-3-2-4-6-18/h2-6,19H,7-17H2,1H3,(H,21,25). The molecule has 0 unspecified atom stereocenters. The molecule has 2 heterocycles. The second kappa shape index (κ2) is 10.2. The fraction of sp³-hybridized carbons (Fsp3) is 0.650. The van der Waals surface area contributed by atoms with Crippen LogP contribution < -0.4 is 5.32 Å². The highest BCUT2D eigenvalue weighted by Gasteiger charge is 2.28. The highest BCUT2D eigenvalue weighted by atomic mass is 32.2. The summed E-state index contributed by atoms with van der Waals surface area (Å²) < 4.78 is 0. The van der Waals surface area contributed by atoms with E-state index in [0.29, 0.717) is 6.04 Å². The van der Waals surface area contributed by atoms with E-state index in [-0.39, 0.29) is 6.03 Å². The van der Waals surface area contributed by atoms with E-state index < -0.39 is 0 Å². The van der Waals surface area contributed by atoms with Crippen LogP contribution in [-0.2, 0) is 6.54 Å². The zero-order valence-electron chi connectivity index (χ0n) is 15.9. The molecule has 1 aromatic carbocycles. The number of hydrogen-bond acceptors (Lipinski definition) is 4. The average molecular weight is 377 g/mol. The number of likely N-dealkylation sites (tertiary alicyclic amines) is 1. The number of thioether (sulfide) groups is 1. The maximum absolute atomic E-state index is 12.2. The third-order valence-electron chi connectivity index (χ3n) is 5.51. The number of piperidine rings is 1. The summed E-state index contributed by atoms with van der Waals surface area (Å²) in [5.74, 6) is 0.982. The molecule has 0 radical (unpaired) electrons. The van der Waals surface area contributed by atoms with E-state index in [0.717, 1.165) is 71.0 Å². The number of piperazine rings is 1. The maximum Gasteiger partial charge on any atom is 0.317 e. The highest BCUT2D eigenvalue weighted by Crippen LogP contribution is 2.19. The van der Waals surface area contributed by atoms with Gasteiger partial charge in [0.05, 0.1) is 0 Å². The van der Waals surface area contributed by atoms with E-state index in [4.69, 9.17) is 0 Å². The van der Waals surface area contributed by atoms with Crippen LogP contribution >= 0.6 is 11.8 Å². The SMILES string of the molecule is CSCCNC(=O)N1CCC(N2CCN(Cc3ccccc3)CC2)CC1. The molecule has 5 nitrogen and oxygen atoms in total. The summed E-state index contributed by atoms with van der Waals surface area (Å²) in [5, 5.41) is 3.02. The van der Waals surface area contributed by atoms with Crippen molar-refractivity contribution in [2.24, 2.45) is 0 Å². The Labute approximate surface area is 162 Å². The summed E-state index contributed by atoms with van der Waals surface area (Å²) in [4.78, 5) is 19.3. The molecule has 2 saturated heterocycles. The molecule has 0 spiro atoms. The van der Waals surface area contributed by atoms with Gasteiger partial charge in [0, 0.05) is 64.2 Å². The summed E-state index contributed by atoms with van der Waals surface area (Å²) in [6.45, 7) is 8.19. The molecule has 2 aliphatic rings. The van der Waals surface area contributed by atoms with E-state index in [1.54, 1.807) is 11.8 Å². The quantitative estimate of drug-likeness (QED) is 0.774. The zero-order valence-corrected chi connectivity index (χ0v) is 16.7. The van der Waals surface area contributed by atoms with Gasteiger partial charge in [-0.3, -0.25) is 9.80 Å². The van der Waals surface area contributed by atoms with Gasteiger partial charge < -0.3 is 10.2 Å². The Morgan fingerprint density at radius 2 is 1.77 bits per heavy atom. The van der Waals surface area contributed by atoms with Crippen LogP contribution in [0.2, 0.25) is 0 Å². The predicted octanol–water partition coefficient (Wildman–Crippen LogP) is 2.34. The molecule has 1 N–H and O–H groups in total. The molecule has 0 bridgehead atoms. The van der Waals surface area contributed by atoms with E-state index in [9.17, 15) is 4.79 Å². The van der Waals surface area contributed by atoms with E-state index >= 15 is 0 Å². The lowest BCUT2D eigenvalue weighted by molar-refractivity contribution is 0.0628. The predicted molar refractivity (Wildman–Crippen MR) is 110 cm³/mol. The van der Waals surface area contributed by atoms with Crippen LogP contribution in [0, 0.1) is 0 Å². The second-order valence-corrected chi connectivity index (χ2v) is 8.23. The molecular formula is C20H32N4OS. The Kier molecular flexibility index (Phi) is 7.65. The first-order valence-electron chi connectivity index (χ1n) is 9.78. The number of rotatable bonds is 6. The van der Waals surface area contributed by atoms with Crippen molar-refractivity contribution in [2.45, 2.75) is 25.4 Å². The summed E-state index contributed by atoms with van der Waals surface area (Å²) in [6, 6.07) is 11.5. The summed E-state index contributed by atoms with van der Waals surface area (Å²) in [7, 11) is 0. The minimum absolute atomic E-state index is 0.116. The number of nitrogens with zero attached hydrogens (tertiary/aromatic N) is 3. The van der Waals surface area contributed by atoms with Gasteiger partial charge in [-0.2, -0.15) is 11.8 Å². The molecule has 6 heteroatoms. The van der Waals surface area contributed by atoms with Crippen molar-refractivity contribution in [3.8, 4) is 0 Å². The van der Waals surface area contributed by atoms with E-state index in [2.05, 4.69) is 51.7 Å². The Bertz CT molecular complexity index is 540. The van der Waals surface area contributed by atoms with Crippen molar-refractivity contribution in [3.05, 3.63) is 35.9 Å². The number of urea groups is 1. The maximum atomic E-state index is 12.2. The summed E-state index contributed by atoms with van der Waals surface area (Å²) in [5.41, 5.74) is 1.40. The number of carbonyl (C=O) groups excluding carboxylic acids is 1. The van der Waals surface area contributed by atoms with E-state index in [1.165, 1.54) is 5.56 Å². The van der Waals surface area contributed by atoms with Crippen molar-refractivity contribution in [1.82, 2.24) is 20.0 Å². The fourth-order valence-corrected chi connectivity index (χ4v) is 4.24. The minimum Gasteiger partial charge on any atom is -0.337 e. The molecule has 1 aromatic rings. The molecule has 0 saturated carbocycles. The summed E-state index contributed by atoms with van der Waals surface area (Å²) >= 11 is 1.77. The zero-order chi connectivity index (χ0) is 18.2. The number of hydrogen-bond donors (Lipinski definition) is 1. The van der Waals surface area contributed by atoms with Gasteiger partial charge in [-0.1, -0.05) is 30.3 Å². The lowest BCUT2D eigenvalue weighted by atomic mass is 10.0. The molecule has 0 atom stereocenters. The molecule has 26 heavy (non-hydrogen) atoms. The van der Waals surface area contributed by atoms with Crippen LogP contribution in [0.3, 0.4) is 0 Å². The monoisotopic (exact) mass is 376 g/mol. The third-order valence-corrected chi connectivity index (χ3v) is 6.12. The van der Waals surface area contributed by atoms with Crippen LogP contribution in [0.4, 0.5) is 4.79 Å². The van der Waals surface area contributed by atoms with Crippen LogP contribution in [-0.4, -0.2) is 84.6 Å². The van der Waals surface area contributed by atoms with Gasteiger partial charge in [0.25, 0.3) is 0 Å². The second-order valence-electron chi connectivity index (χ2n) is 7.24. The van der Waals surface area contributed by atoms with Gasteiger partial charge in [0.2, 0.25) is 0 Å². The van der Waals surface area contributed by atoms with Crippen LogP contribution in [0.5, 0.6) is 0 Å². The van der Waals surface area contributed by atoms with Crippen LogP contribution in [0.15, 0.2) is 30.3 Å². The van der Waals surface area contributed by atoms with Gasteiger partial charge in [-0.15, -0.1) is 0 Å². The largest absolute Gasteiger partial charge is 0.337 e. The molecule has 0 aromatic heterocycles. The van der Waals surface area contributed by atoms with Crippen LogP contribution in [0.1, 0.15) is 18.4 Å². The Morgan fingerprint density at radius 3 is 2.42 bits per heavy atom. The van der Waals surface area contributed by atoms with Crippen LogP contribution in [0.25, 0.3) is 0 Å². The van der Waals surface area contributed by atoms with Gasteiger partial charge in [-0.05, 0) is 24.7 Å². The third kappa shape index (κ3) is 5.63. The van der Waals surface area contributed by atoms with Crippen molar-refractivity contribution in [1.29, 1.82) is 0 Å². The topological polar surface area (TPSA) is 38.8 Å². The Morgan fingerprint density at radius 1 is 1.08 bits per heavy atom. The normalized spacial score (nSPS) is 20.3. The van der Waals surface area contributed by atoms with Gasteiger partial charge >= 0.3 is 6.03 Å². The van der Waals surface area contributed by atoms with Gasteiger partial charge in [-0.25, -0.2) is 4.79 Å². The average Bonchev–Trinajstić information content (AvgIpc) is 2.70. The van der Waals surface area contributed by atoms with Gasteiger partial charge in [0.1, 0.15) is 0 Å². The lowest BCUT2D eigenvalue weighted by Gasteiger charge is -2.42. The smallest absolute Gasteiger partial charge is 0.317 e. The van der Waals surface area contributed by atoms with Crippen molar-refractivity contribution >= 4 is 17.8 Å². The summed E-state index contributed by atoms with van der Waals surface area (Å²) in [6.07, 6.45) is 4.28. The minimum atomic E-state index is 0.116. The lowest BCUT2D eigenvalue weighted by Crippen LogP contribution is -2.54. The molecule has 2 amide bonds. The van der Waals surface area contributed by atoms with E-state index in [1.807, 2.05) is 4.90 Å². The Balaban J connectivity index is 1.36. The number of amides is 2. The van der Waals surface area contributed by atoms with Crippen molar-refractivity contribution < 1.29 is 4.79 Å². The molecule has 144 valence electrons. The first kappa shape index (κ1) is 19.5. The molecule has 2 aliphatic heterocycles. The van der Waals surface area contributed by atoms with Crippen molar-refractivity contribution in [3.63, 3.8) is 0 Å². The first-order chi connectivity index (χ1) is 12.8. The number of nitrogens with one attached hydrogen (secondary N) is 1. The van der Waals surface area contributed by atoms with Crippen molar-refractivity contribution in [2.75, 3.05) is 57.8 Å². The number of carbonyl (C=O) groups is 1. The Hall–Kier alpha value is -1.24.